The summed E-state index contributed by atoms with van der Waals surface area (Å²) in [4.78, 5) is 29.4. The van der Waals surface area contributed by atoms with E-state index in [-0.39, 0.29) is 5.78 Å². The van der Waals surface area contributed by atoms with Crippen LogP contribution in [0.3, 0.4) is 0 Å². The fourth-order valence-electron chi connectivity index (χ4n) is 4.21. The number of benzene rings is 1. The molecule has 3 aromatic rings. The molecule has 0 radical (unpaired) electrons. The number of fused-ring (bicyclic) bond motifs is 1. The summed E-state index contributed by atoms with van der Waals surface area (Å²) < 4.78 is 0. The second-order valence-electron chi connectivity index (χ2n) is 9.02. The summed E-state index contributed by atoms with van der Waals surface area (Å²) in [6.07, 6.45) is 11.4. The van der Waals surface area contributed by atoms with Crippen LogP contribution in [0.25, 0.3) is 16.6 Å². The van der Waals surface area contributed by atoms with Gasteiger partial charge in [-0.2, -0.15) is 0 Å². The lowest BCUT2D eigenvalue weighted by molar-refractivity contribution is 0.104. The maximum absolute atomic E-state index is 12.4. The maximum Gasteiger partial charge on any atom is 0.227 e. The van der Waals surface area contributed by atoms with Crippen molar-refractivity contribution >= 4 is 40.2 Å². The SMILES string of the molecule is CC(C)=CC(=O)c1cc2cc(Nc3nccc(C4=CCC(C5CC5)C=N4)n3)cc(C)c2[nH]1. The molecule has 0 spiro atoms. The number of rotatable bonds is 6. The van der Waals surface area contributed by atoms with E-state index in [1.165, 1.54) is 12.8 Å². The van der Waals surface area contributed by atoms with Crippen LogP contribution < -0.4 is 5.32 Å². The molecule has 6 heteroatoms. The molecule has 1 aliphatic carbocycles. The first-order chi connectivity index (χ1) is 15.5. The topological polar surface area (TPSA) is 83.0 Å². The van der Waals surface area contributed by atoms with Crippen LogP contribution in [0.1, 0.15) is 54.9 Å². The highest BCUT2D eigenvalue weighted by Crippen LogP contribution is 2.39. The lowest BCUT2D eigenvalue weighted by Gasteiger charge is -2.14. The number of aliphatic imine (C=N–C) groups is 1. The first kappa shape index (κ1) is 20.4. The zero-order chi connectivity index (χ0) is 22.2. The molecule has 162 valence electrons. The minimum atomic E-state index is -0.0172. The van der Waals surface area contributed by atoms with Crippen molar-refractivity contribution in [1.82, 2.24) is 15.0 Å². The van der Waals surface area contributed by atoms with Gasteiger partial charge < -0.3 is 10.3 Å². The summed E-state index contributed by atoms with van der Waals surface area (Å²) in [6.45, 7) is 5.86. The Morgan fingerprint density at radius 3 is 2.78 bits per heavy atom. The summed E-state index contributed by atoms with van der Waals surface area (Å²) in [6, 6.07) is 7.83. The Balaban J connectivity index is 1.37. The monoisotopic (exact) mass is 425 g/mol. The lowest BCUT2D eigenvalue weighted by atomic mass is 9.98. The number of allylic oxidation sites excluding steroid dienone is 3. The van der Waals surface area contributed by atoms with E-state index < -0.39 is 0 Å². The van der Waals surface area contributed by atoms with Gasteiger partial charge in [-0.15, -0.1) is 0 Å². The molecular formula is C26H27N5O. The fraction of sp³-hybridized carbons (Fsp3) is 0.308. The van der Waals surface area contributed by atoms with Gasteiger partial charge >= 0.3 is 0 Å². The maximum atomic E-state index is 12.4. The molecule has 0 amide bonds. The van der Waals surface area contributed by atoms with Crippen molar-refractivity contribution < 1.29 is 4.79 Å². The zero-order valence-electron chi connectivity index (χ0n) is 18.6. The van der Waals surface area contributed by atoms with Crippen molar-refractivity contribution in [3.05, 3.63) is 65.1 Å². The van der Waals surface area contributed by atoms with Gasteiger partial charge in [0, 0.05) is 34.9 Å². The van der Waals surface area contributed by atoms with Gasteiger partial charge in [0.15, 0.2) is 0 Å². The molecule has 1 saturated carbocycles. The van der Waals surface area contributed by atoms with Crippen molar-refractivity contribution in [3.63, 3.8) is 0 Å². The molecule has 1 aliphatic heterocycles. The molecule has 2 aromatic heterocycles. The molecule has 5 rings (SSSR count). The van der Waals surface area contributed by atoms with E-state index in [1.54, 1.807) is 12.3 Å². The Morgan fingerprint density at radius 1 is 1.22 bits per heavy atom. The molecule has 2 N–H and O–H groups in total. The van der Waals surface area contributed by atoms with E-state index in [2.05, 4.69) is 37.6 Å². The first-order valence-corrected chi connectivity index (χ1v) is 11.1. The zero-order valence-corrected chi connectivity index (χ0v) is 18.6. The summed E-state index contributed by atoms with van der Waals surface area (Å²) in [7, 11) is 0. The predicted molar refractivity (Wildman–Crippen MR) is 129 cm³/mol. The number of carbonyl (C=O) groups excluding carboxylic acids is 1. The van der Waals surface area contributed by atoms with Crippen LogP contribution in [-0.2, 0) is 0 Å². The van der Waals surface area contributed by atoms with Crippen LogP contribution in [-0.4, -0.2) is 26.9 Å². The van der Waals surface area contributed by atoms with Gasteiger partial charge in [0.25, 0.3) is 0 Å². The number of nitrogens with one attached hydrogen (secondary N) is 2. The van der Waals surface area contributed by atoms with Crippen LogP contribution in [0.5, 0.6) is 0 Å². The summed E-state index contributed by atoms with van der Waals surface area (Å²) >= 11 is 0. The molecule has 2 aliphatic rings. The molecular weight excluding hydrogens is 398 g/mol. The van der Waals surface area contributed by atoms with Crippen LogP contribution in [0.4, 0.5) is 11.6 Å². The number of nitrogens with zero attached hydrogens (tertiary/aromatic N) is 3. The van der Waals surface area contributed by atoms with Gasteiger partial charge in [0.1, 0.15) is 0 Å². The van der Waals surface area contributed by atoms with Crippen LogP contribution in [0, 0.1) is 18.8 Å². The van der Waals surface area contributed by atoms with Gasteiger partial charge in [-0.05, 0) is 81.9 Å². The fourth-order valence-corrected chi connectivity index (χ4v) is 4.21. The number of anilines is 2. The highest BCUT2D eigenvalue weighted by molar-refractivity contribution is 6.07. The second kappa shape index (κ2) is 8.19. The predicted octanol–water partition coefficient (Wildman–Crippen LogP) is 6.00. The minimum absolute atomic E-state index is 0.0172. The van der Waals surface area contributed by atoms with Gasteiger partial charge in [-0.3, -0.25) is 9.79 Å². The highest BCUT2D eigenvalue weighted by atomic mass is 16.1. The van der Waals surface area contributed by atoms with E-state index in [9.17, 15) is 4.79 Å². The third-order valence-corrected chi connectivity index (χ3v) is 6.00. The molecule has 1 aromatic carbocycles. The highest BCUT2D eigenvalue weighted by Gasteiger charge is 2.30. The number of carbonyl (C=O) groups is 1. The Labute approximate surface area is 187 Å². The van der Waals surface area contributed by atoms with Crippen molar-refractivity contribution in [2.45, 2.75) is 40.0 Å². The Hall–Kier alpha value is -3.54. The van der Waals surface area contributed by atoms with Gasteiger partial charge in [0.05, 0.1) is 17.1 Å². The number of hydrogen-bond donors (Lipinski definition) is 2. The Bertz CT molecular complexity index is 1290. The largest absolute Gasteiger partial charge is 0.352 e. The molecule has 0 saturated heterocycles. The van der Waals surface area contributed by atoms with E-state index in [4.69, 9.17) is 0 Å². The Morgan fingerprint density at radius 2 is 2.06 bits per heavy atom. The van der Waals surface area contributed by atoms with Gasteiger partial charge in [-0.1, -0.05) is 11.6 Å². The molecule has 1 fully saturated rings. The average molecular weight is 426 g/mol. The lowest BCUT2D eigenvalue weighted by Crippen LogP contribution is -2.08. The van der Waals surface area contributed by atoms with Gasteiger partial charge in [-0.25, -0.2) is 9.97 Å². The smallest absolute Gasteiger partial charge is 0.227 e. The third-order valence-electron chi connectivity index (χ3n) is 6.00. The van der Waals surface area contributed by atoms with E-state index in [0.717, 1.165) is 51.5 Å². The molecule has 0 bridgehead atoms. The summed E-state index contributed by atoms with van der Waals surface area (Å²) in [5.41, 5.74) is 6.18. The van der Waals surface area contributed by atoms with E-state index in [1.807, 2.05) is 45.0 Å². The minimum Gasteiger partial charge on any atom is -0.352 e. The molecule has 3 heterocycles. The standard InChI is InChI=1S/C26H27N5O/c1-15(2)10-24(32)23-13-19-12-20(11-16(3)25(19)30-23)29-26-27-9-8-22(31-26)21-7-6-18(14-28-21)17-4-5-17/h7-14,17-18,30H,4-6H2,1-3H3,(H,27,29,31). The van der Waals surface area contributed by atoms with E-state index >= 15 is 0 Å². The van der Waals surface area contributed by atoms with Crippen LogP contribution in [0.2, 0.25) is 0 Å². The summed E-state index contributed by atoms with van der Waals surface area (Å²) in [5, 5.41) is 4.28. The van der Waals surface area contributed by atoms with Crippen molar-refractivity contribution in [2.24, 2.45) is 16.8 Å². The Kier molecular flexibility index (Phi) is 5.21. The number of aromatic amines is 1. The number of hydrogen-bond acceptors (Lipinski definition) is 5. The number of H-pyrrole nitrogens is 1. The number of aryl methyl sites for hydroxylation is 1. The van der Waals surface area contributed by atoms with Crippen LogP contribution in [0.15, 0.2) is 53.2 Å². The number of aromatic nitrogens is 3. The quantitative estimate of drug-likeness (QED) is 0.375. The normalized spacial score (nSPS) is 17.8. The van der Waals surface area contributed by atoms with Crippen molar-refractivity contribution in [3.8, 4) is 0 Å². The van der Waals surface area contributed by atoms with Crippen molar-refractivity contribution in [2.75, 3.05) is 5.32 Å². The molecule has 6 nitrogen and oxygen atoms in total. The average Bonchev–Trinajstić information content (AvgIpc) is 3.52. The molecule has 1 atom stereocenters. The molecule has 32 heavy (non-hydrogen) atoms. The summed E-state index contributed by atoms with van der Waals surface area (Å²) in [5.74, 6) is 1.92. The van der Waals surface area contributed by atoms with E-state index in [0.29, 0.717) is 17.6 Å². The first-order valence-electron chi connectivity index (χ1n) is 11.1. The molecule has 1 unspecified atom stereocenters. The van der Waals surface area contributed by atoms with Crippen LogP contribution >= 0.6 is 0 Å². The second-order valence-corrected chi connectivity index (χ2v) is 9.02. The van der Waals surface area contributed by atoms with Gasteiger partial charge in [0.2, 0.25) is 11.7 Å². The van der Waals surface area contributed by atoms with Crippen molar-refractivity contribution in [1.29, 1.82) is 0 Å². The third kappa shape index (κ3) is 4.26. The number of ketones is 1.